The molecule has 1 saturated heterocycles. The molecule has 0 spiro atoms. The van der Waals surface area contributed by atoms with Crippen LogP contribution in [0.25, 0.3) is 0 Å². The number of piperazine rings is 1. The number of halogens is 1. The van der Waals surface area contributed by atoms with Gasteiger partial charge in [0, 0.05) is 38.3 Å². The van der Waals surface area contributed by atoms with Gasteiger partial charge in [0.15, 0.2) is 17.3 Å². The second-order valence-corrected chi connectivity index (χ2v) is 5.42. The number of ketones is 1. The van der Waals surface area contributed by atoms with E-state index in [9.17, 15) is 4.79 Å². The van der Waals surface area contributed by atoms with Crippen molar-refractivity contribution >= 4 is 18.2 Å². The quantitative estimate of drug-likeness (QED) is 0.747. The second-order valence-electron chi connectivity index (χ2n) is 5.42. The van der Waals surface area contributed by atoms with Crippen molar-refractivity contribution in [2.45, 2.75) is 6.92 Å². The summed E-state index contributed by atoms with van der Waals surface area (Å²) in [6.45, 7) is 7.46. The minimum Gasteiger partial charge on any atom is -0.493 e. The van der Waals surface area contributed by atoms with Crippen LogP contribution in [0.2, 0.25) is 0 Å². The summed E-state index contributed by atoms with van der Waals surface area (Å²) in [7, 11) is 3.74. The molecular weight excluding hydrogens is 304 g/mol. The lowest BCUT2D eigenvalue weighted by Gasteiger charge is -2.32. The number of carbonyl (C=O) groups is 1. The lowest BCUT2D eigenvalue weighted by molar-refractivity contribution is 0.101. The summed E-state index contributed by atoms with van der Waals surface area (Å²) in [6, 6.07) is 5.31. The number of nitrogens with zero attached hydrogens (tertiary/aromatic N) is 2. The zero-order valence-electron chi connectivity index (χ0n) is 13.5. The summed E-state index contributed by atoms with van der Waals surface area (Å²) in [5.41, 5.74) is 0.637. The van der Waals surface area contributed by atoms with Crippen LogP contribution in [0, 0.1) is 0 Å². The predicted molar refractivity (Wildman–Crippen MR) is 89.7 cm³/mol. The molecule has 0 unspecified atom stereocenters. The Morgan fingerprint density at radius 1 is 1.18 bits per heavy atom. The maximum absolute atomic E-state index is 11.4. The Morgan fingerprint density at radius 3 is 2.45 bits per heavy atom. The average Bonchev–Trinajstić information content (AvgIpc) is 2.49. The zero-order chi connectivity index (χ0) is 15.2. The largest absolute Gasteiger partial charge is 0.493 e. The standard InChI is InChI=1S/C16H24N2O3.ClH/c1-13(19)14-4-5-15(16(12-14)20-3)21-11-10-18-8-6-17(2)7-9-18;/h4-5,12H,6-11H2,1-3H3;1H. The highest BCUT2D eigenvalue weighted by Gasteiger charge is 2.14. The highest BCUT2D eigenvalue weighted by atomic mass is 35.5. The van der Waals surface area contributed by atoms with Gasteiger partial charge in [-0.3, -0.25) is 9.69 Å². The minimum absolute atomic E-state index is 0. The third kappa shape index (κ3) is 5.16. The van der Waals surface area contributed by atoms with Gasteiger partial charge in [0.1, 0.15) is 6.61 Å². The first-order chi connectivity index (χ1) is 10.1. The fraction of sp³-hybridized carbons (Fsp3) is 0.562. The van der Waals surface area contributed by atoms with Crippen LogP contribution in [0.1, 0.15) is 17.3 Å². The Morgan fingerprint density at radius 2 is 1.86 bits per heavy atom. The molecule has 124 valence electrons. The molecule has 1 fully saturated rings. The van der Waals surface area contributed by atoms with Gasteiger partial charge in [0.2, 0.25) is 0 Å². The summed E-state index contributed by atoms with van der Waals surface area (Å²) in [4.78, 5) is 16.1. The molecule has 1 aliphatic rings. The summed E-state index contributed by atoms with van der Waals surface area (Å²) in [5, 5.41) is 0. The summed E-state index contributed by atoms with van der Waals surface area (Å²) in [5.74, 6) is 1.33. The Hall–Kier alpha value is -1.30. The van der Waals surface area contributed by atoms with Crippen molar-refractivity contribution in [1.82, 2.24) is 9.80 Å². The van der Waals surface area contributed by atoms with E-state index in [0.717, 1.165) is 32.7 Å². The maximum atomic E-state index is 11.4. The Bertz CT molecular complexity index is 488. The molecule has 5 nitrogen and oxygen atoms in total. The average molecular weight is 329 g/mol. The SMILES string of the molecule is COc1cc(C(C)=O)ccc1OCCN1CCN(C)CC1.Cl. The normalized spacial score (nSPS) is 16.0. The molecule has 2 rings (SSSR count). The van der Waals surface area contributed by atoms with Gasteiger partial charge in [0.25, 0.3) is 0 Å². The highest BCUT2D eigenvalue weighted by Crippen LogP contribution is 2.28. The molecule has 0 atom stereocenters. The molecule has 0 amide bonds. The van der Waals surface area contributed by atoms with Crippen LogP contribution >= 0.6 is 12.4 Å². The van der Waals surface area contributed by atoms with E-state index < -0.39 is 0 Å². The second kappa shape index (κ2) is 8.98. The lowest BCUT2D eigenvalue weighted by Crippen LogP contribution is -2.45. The van der Waals surface area contributed by atoms with Crippen LogP contribution in [0.5, 0.6) is 11.5 Å². The number of hydrogen-bond donors (Lipinski definition) is 0. The number of Topliss-reactive ketones (excluding diaryl/α,β-unsaturated/α-hetero) is 1. The Kier molecular flexibility index (Phi) is 7.65. The van der Waals surface area contributed by atoms with Crippen molar-refractivity contribution in [2.24, 2.45) is 0 Å². The molecule has 1 aromatic carbocycles. The first-order valence-corrected chi connectivity index (χ1v) is 7.33. The summed E-state index contributed by atoms with van der Waals surface area (Å²) >= 11 is 0. The fourth-order valence-electron chi connectivity index (χ4n) is 2.36. The number of methoxy groups -OCH3 is 1. The molecule has 6 heteroatoms. The van der Waals surface area contributed by atoms with E-state index in [0.29, 0.717) is 23.7 Å². The van der Waals surface area contributed by atoms with E-state index >= 15 is 0 Å². The van der Waals surface area contributed by atoms with E-state index in [2.05, 4.69) is 16.8 Å². The van der Waals surface area contributed by atoms with Gasteiger partial charge < -0.3 is 14.4 Å². The van der Waals surface area contributed by atoms with Crippen molar-refractivity contribution in [3.8, 4) is 11.5 Å². The van der Waals surface area contributed by atoms with E-state index in [-0.39, 0.29) is 18.2 Å². The first kappa shape index (κ1) is 18.7. The number of hydrogen-bond acceptors (Lipinski definition) is 5. The minimum atomic E-state index is 0. The van der Waals surface area contributed by atoms with Gasteiger partial charge >= 0.3 is 0 Å². The first-order valence-electron chi connectivity index (χ1n) is 7.33. The highest BCUT2D eigenvalue weighted by molar-refractivity contribution is 5.94. The zero-order valence-corrected chi connectivity index (χ0v) is 14.3. The summed E-state index contributed by atoms with van der Waals surface area (Å²) < 4.78 is 11.1. The van der Waals surface area contributed by atoms with Crippen LogP contribution in [0.3, 0.4) is 0 Å². The molecule has 1 aromatic rings. The van der Waals surface area contributed by atoms with Crippen molar-refractivity contribution in [1.29, 1.82) is 0 Å². The van der Waals surface area contributed by atoms with Crippen LogP contribution in [-0.2, 0) is 0 Å². The molecular formula is C16H25ClN2O3. The lowest BCUT2D eigenvalue weighted by atomic mass is 10.1. The number of benzene rings is 1. The van der Waals surface area contributed by atoms with Gasteiger partial charge in [-0.25, -0.2) is 0 Å². The molecule has 0 bridgehead atoms. The third-order valence-corrected chi connectivity index (χ3v) is 3.83. The molecule has 0 saturated carbocycles. The van der Waals surface area contributed by atoms with Crippen molar-refractivity contribution in [2.75, 3.05) is 53.5 Å². The van der Waals surface area contributed by atoms with Crippen LogP contribution in [-0.4, -0.2) is 69.1 Å². The predicted octanol–water partition coefficient (Wildman–Crippen LogP) is 1.95. The van der Waals surface area contributed by atoms with E-state index in [4.69, 9.17) is 9.47 Å². The topological polar surface area (TPSA) is 42.0 Å². The maximum Gasteiger partial charge on any atom is 0.161 e. The molecule has 0 aliphatic carbocycles. The molecule has 0 N–H and O–H groups in total. The van der Waals surface area contributed by atoms with Gasteiger partial charge in [-0.15, -0.1) is 12.4 Å². The van der Waals surface area contributed by atoms with Crippen LogP contribution < -0.4 is 9.47 Å². The molecule has 0 aromatic heterocycles. The molecule has 0 radical (unpaired) electrons. The Labute approximate surface area is 138 Å². The number of rotatable bonds is 6. The Balaban J connectivity index is 0.00000242. The molecule has 22 heavy (non-hydrogen) atoms. The van der Waals surface area contributed by atoms with E-state index in [1.54, 1.807) is 32.2 Å². The summed E-state index contributed by atoms with van der Waals surface area (Å²) in [6.07, 6.45) is 0. The van der Waals surface area contributed by atoms with Crippen LogP contribution in [0.15, 0.2) is 18.2 Å². The van der Waals surface area contributed by atoms with Gasteiger partial charge in [-0.2, -0.15) is 0 Å². The number of carbonyl (C=O) groups excluding carboxylic acids is 1. The fourth-order valence-corrected chi connectivity index (χ4v) is 2.36. The van der Waals surface area contributed by atoms with E-state index in [1.165, 1.54) is 0 Å². The monoisotopic (exact) mass is 328 g/mol. The molecule has 1 heterocycles. The van der Waals surface area contributed by atoms with Gasteiger partial charge in [0.05, 0.1) is 7.11 Å². The smallest absolute Gasteiger partial charge is 0.161 e. The van der Waals surface area contributed by atoms with Gasteiger partial charge in [-0.05, 0) is 32.2 Å². The van der Waals surface area contributed by atoms with Crippen molar-refractivity contribution < 1.29 is 14.3 Å². The van der Waals surface area contributed by atoms with Gasteiger partial charge in [-0.1, -0.05) is 0 Å². The van der Waals surface area contributed by atoms with Crippen LogP contribution in [0.4, 0.5) is 0 Å². The van der Waals surface area contributed by atoms with Crippen molar-refractivity contribution in [3.05, 3.63) is 23.8 Å². The number of likely N-dealkylation sites (N-methyl/N-ethyl adjacent to an activating group) is 1. The van der Waals surface area contributed by atoms with E-state index in [1.807, 2.05) is 0 Å². The number of ether oxygens (including phenoxy) is 2. The molecule has 1 aliphatic heterocycles. The third-order valence-electron chi connectivity index (χ3n) is 3.83. The van der Waals surface area contributed by atoms with Crippen molar-refractivity contribution in [3.63, 3.8) is 0 Å².